The van der Waals surface area contributed by atoms with E-state index >= 15 is 0 Å². The first-order valence-electron chi connectivity index (χ1n) is 37.5. The van der Waals surface area contributed by atoms with Gasteiger partial charge in [-0.3, -0.25) is 0 Å². The Bertz CT molecular complexity index is 3640. The summed E-state index contributed by atoms with van der Waals surface area (Å²) in [4.78, 5) is 0. The van der Waals surface area contributed by atoms with E-state index in [1.54, 1.807) is 44.5 Å². The summed E-state index contributed by atoms with van der Waals surface area (Å²) >= 11 is 0. The summed E-state index contributed by atoms with van der Waals surface area (Å²) in [5.41, 5.74) is 32.1. The van der Waals surface area contributed by atoms with Crippen molar-refractivity contribution in [2.24, 2.45) is 47.3 Å². The van der Waals surface area contributed by atoms with Crippen molar-refractivity contribution in [2.75, 3.05) is 0 Å². The molecule has 0 radical (unpaired) electrons. The quantitative estimate of drug-likeness (QED) is 0.0481. The maximum absolute atomic E-state index is 2.71. The van der Waals surface area contributed by atoms with Crippen molar-refractivity contribution < 1.29 is 0 Å². The maximum atomic E-state index is 2.71. The molecular formula is C92H114. The van der Waals surface area contributed by atoms with E-state index in [2.05, 4.69) is 269 Å². The van der Waals surface area contributed by atoms with Gasteiger partial charge in [-0.15, -0.1) is 0 Å². The second-order valence-electron chi connectivity index (χ2n) is 31.7. The fraction of sp³-hybridized carbons (Fsp3) is 0.478. The van der Waals surface area contributed by atoms with Crippen LogP contribution in [0.15, 0.2) is 158 Å². The fourth-order valence-corrected chi connectivity index (χ4v) is 19.0. The molecule has 0 amide bonds. The molecule has 92 heavy (non-hydrogen) atoms. The van der Waals surface area contributed by atoms with E-state index in [9.17, 15) is 0 Å². The minimum Gasteiger partial charge on any atom is -0.0651 e. The van der Waals surface area contributed by atoms with Crippen LogP contribution in [0.2, 0.25) is 0 Å². The number of rotatable bonds is 27. The van der Waals surface area contributed by atoms with Gasteiger partial charge in [0.15, 0.2) is 0 Å². The highest BCUT2D eigenvalue weighted by Crippen LogP contribution is 2.62. The zero-order valence-electron chi connectivity index (χ0n) is 59.9. The van der Waals surface area contributed by atoms with Crippen molar-refractivity contribution in [1.29, 1.82) is 0 Å². The van der Waals surface area contributed by atoms with Crippen molar-refractivity contribution in [2.45, 2.75) is 235 Å². The zero-order valence-corrected chi connectivity index (χ0v) is 59.9. The van der Waals surface area contributed by atoms with Gasteiger partial charge >= 0.3 is 0 Å². The molecule has 0 saturated carbocycles. The van der Waals surface area contributed by atoms with Crippen LogP contribution >= 0.6 is 0 Å². The van der Waals surface area contributed by atoms with Gasteiger partial charge in [0, 0.05) is 21.7 Å². The monoisotopic (exact) mass is 1220 g/mol. The SMILES string of the molecule is CCC(C)CC1(CC(C)CC)c2ccccc2-c2ccc(-c3ccc4c(c3)C(CC(C)CC)(CC(C)CC)c3cc(-c5ccc6c(c5)C(CC(C)CC)(CC(C)CC)c5cc(-c7ccc8c(c7)C(CC(C)CC)(CC(C)CC)c7ccccc7-8)ccc5-6)ccc3-4)cc21. The van der Waals surface area contributed by atoms with Crippen LogP contribution in [-0.4, -0.2) is 0 Å². The second-order valence-corrected chi connectivity index (χ2v) is 31.7. The molecule has 0 N–H and O–H groups in total. The molecule has 0 fully saturated rings. The Kier molecular flexibility index (Phi) is 19.0. The fourth-order valence-electron chi connectivity index (χ4n) is 19.0. The molecule has 4 aliphatic rings. The lowest BCUT2D eigenvalue weighted by Crippen LogP contribution is -2.30. The molecule has 0 heterocycles. The summed E-state index contributed by atoms with van der Waals surface area (Å²) in [5.74, 6) is 4.80. The molecule has 0 aromatic heterocycles. The lowest BCUT2D eigenvalue weighted by Gasteiger charge is -2.38. The van der Waals surface area contributed by atoms with E-state index < -0.39 is 0 Å². The highest BCUT2D eigenvalue weighted by molar-refractivity contribution is 5.91. The standard InChI is InChI=1S/C92H114/c1-17-59(9)51-89(52-60(10)18-2)81-31-27-25-29-73(81)75-39-33-67(45-83(75)89)69-35-41-77-79-43-37-71(49-87(79)91(85(77)47-69,55-63(13)21-5)56-64(14)22-6)72-38-44-80-78-42-36-70(48-86(78)92(88(80)50-72,57-65(15)23-7)58-66(16)24-8)68-34-40-76-74-30-26-28-32-82(74)90(84(76)46-68,53-61(11)19-3)54-62(12)20-4/h25-50,59-66H,17-24,51-58H2,1-16H3. The summed E-state index contributed by atoms with van der Waals surface area (Å²) in [7, 11) is 0. The third-order valence-electron chi connectivity index (χ3n) is 25.4. The molecule has 8 aromatic carbocycles. The molecule has 8 aromatic rings. The number of benzene rings is 8. The smallest absolute Gasteiger partial charge is 0.0220 e. The first-order chi connectivity index (χ1) is 44.4. The maximum Gasteiger partial charge on any atom is 0.0220 e. The van der Waals surface area contributed by atoms with Crippen molar-refractivity contribution in [3.8, 4) is 77.9 Å². The highest BCUT2D eigenvalue weighted by atomic mass is 14.5. The average molecular weight is 1220 g/mol. The van der Waals surface area contributed by atoms with Gasteiger partial charge in [-0.1, -0.05) is 283 Å². The molecule has 0 aliphatic heterocycles. The minimum atomic E-state index is -0.117. The molecule has 482 valence electrons. The Balaban J connectivity index is 0.982. The summed E-state index contributed by atoms with van der Waals surface area (Å²) in [6, 6.07) is 65.2. The van der Waals surface area contributed by atoms with Gasteiger partial charge in [0.2, 0.25) is 0 Å². The molecule has 0 bridgehead atoms. The van der Waals surface area contributed by atoms with Gasteiger partial charge in [0.1, 0.15) is 0 Å². The molecule has 8 atom stereocenters. The first kappa shape index (κ1) is 65.8. The van der Waals surface area contributed by atoms with E-state index in [0.717, 1.165) is 25.7 Å². The lowest BCUT2D eigenvalue weighted by atomic mass is 9.65. The van der Waals surface area contributed by atoms with Crippen LogP contribution in [-0.2, 0) is 21.7 Å². The van der Waals surface area contributed by atoms with Crippen LogP contribution in [0.5, 0.6) is 0 Å². The predicted octanol–water partition coefficient (Wildman–Crippen LogP) is 27.2. The van der Waals surface area contributed by atoms with E-state index in [-0.39, 0.29) is 21.7 Å². The van der Waals surface area contributed by atoms with Crippen molar-refractivity contribution in [1.82, 2.24) is 0 Å². The van der Waals surface area contributed by atoms with Gasteiger partial charge < -0.3 is 0 Å². The molecule has 0 heteroatoms. The van der Waals surface area contributed by atoms with Gasteiger partial charge in [-0.2, -0.15) is 0 Å². The summed E-state index contributed by atoms with van der Waals surface area (Å²) in [5, 5.41) is 0. The van der Waals surface area contributed by atoms with Crippen LogP contribution in [0.1, 0.15) is 258 Å². The van der Waals surface area contributed by atoms with Gasteiger partial charge in [-0.05, 0) is 258 Å². The summed E-state index contributed by atoms with van der Waals surface area (Å²) < 4.78 is 0. The van der Waals surface area contributed by atoms with Gasteiger partial charge in [0.25, 0.3) is 0 Å². The normalized spacial score (nSPS) is 22.2. The number of hydrogen-bond donors (Lipinski definition) is 0. The topological polar surface area (TPSA) is 0 Å². The van der Waals surface area contributed by atoms with Crippen LogP contribution < -0.4 is 0 Å². The lowest BCUT2D eigenvalue weighted by molar-refractivity contribution is 0.308. The Morgan fingerprint density at radius 3 is 0.522 bits per heavy atom. The molecule has 4 aliphatic carbocycles. The molecule has 0 saturated heterocycles. The van der Waals surface area contributed by atoms with Crippen LogP contribution in [0.4, 0.5) is 0 Å². The average Bonchev–Trinajstić information content (AvgIpc) is 1.57. The highest BCUT2D eigenvalue weighted by Gasteiger charge is 2.50. The Morgan fingerprint density at radius 2 is 0.348 bits per heavy atom. The first-order valence-corrected chi connectivity index (χ1v) is 37.5. The van der Waals surface area contributed by atoms with E-state index in [1.165, 1.54) is 155 Å². The number of hydrogen-bond acceptors (Lipinski definition) is 0. The van der Waals surface area contributed by atoms with Crippen molar-refractivity contribution in [3.05, 3.63) is 202 Å². The zero-order chi connectivity index (χ0) is 65.0. The number of fused-ring (bicyclic) bond motifs is 12. The Morgan fingerprint density at radius 1 is 0.196 bits per heavy atom. The Labute approximate surface area is 559 Å². The van der Waals surface area contributed by atoms with Gasteiger partial charge in [0.05, 0.1) is 0 Å². The van der Waals surface area contributed by atoms with Crippen LogP contribution in [0.25, 0.3) is 77.9 Å². The predicted molar refractivity (Wildman–Crippen MR) is 400 cm³/mol. The van der Waals surface area contributed by atoms with Crippen molar-refractivity contribution in [3.63, 3.8) is 0 Å². The molecule has 12 rings (SSSR count). The van der Waals surface area contributed by atoms with E-state index in [4.69, 9.17) is 0 Å². The van der Waals surface area contributed by atoms with Crippen LogP contribution in [0.3, 0.4) is 0 Å². The third-order valence-corrected chi connectivity index (χ3v) is 25.4. The Hall–Kier alpha value is -6.24. The van der Waals surface area contributed by atoms with Gasteiger partial charge in [-0.25, -0.2) is 0 Å². The molecule has 8 unspecified atom stereocenters. The minimum absolute atomic E-state index is 0.00273. The summed E-state index contributed by atoms with van der Waals surface area (Å²) in [6.07, 6.45) is 18.8. The van der Waals surface area contributed by atoms with E-state index in [0.29, 0.717) is 47.3 Å². The van der Waals surface area contributed by atoms with Crippen molar-refractivity contribution >= 4 is 0 Å². The largest absolute Gasteiger partial charge is 0.0651 e. The van der Waals surface area contributed by atoms with E-state index in [1.807, 2.05) is 0 Å². The summed E-state index contributed by atoms with van der Waals surface area (Å²) in [6.45, 7) is 39.4. The molecule has 0 spiro atoms. The molecule has 0 nitrogen and oxygen atoms in total. The van der Waals surface area contributed by atoms with Crippen LogP contribution in [0, 0.1) is 47.3 Å². The third kappa shape index (κ3) is 11.3. The molecular weight excluding hydrogens is 1110 g/mol. The second kappa shape index (κ2) is 26.5.